The van der Waals surface area contributed by atoms with Crippen LogP contribution in [0, 0.1) is 0 Å². The van der Waals surface area contributed by atoms with Crippen molar-refractivity contribution in [2.24, 2.45) is 0 Å². The fraction of sp³-hybridized carbons (Fsp3) is 0.133. The van der Waals surface area contributed by atoms with Crippen molar-refractivity contribution in [2.45, 2.75) is 6.92 Å². The van der Waals surface area contributed by atoms with Gasteiger partial charge in [-0.1, -0.05) is 12.1 Å². The monoisotopic (exact) mass is 286 g/mol. The first kappa shape index (κ1) is 14.5. The van der Waals surface area contributed by atoms with Crippen LogP contribution >= 0.6 is 0 Å². The van der Waals surface area contributed by atoms with Gasteiger partial charge >= 0.3 is 5.97 Å². The minimum absolute atomic E-state index is 0.0313. The normalized spacial score (nSPS) is 9.95. The smallest absolute Gasteiger partial charge is 0.340 e. The Morgan fingerprint density at radius 2 is 1.86 bits per heavy atom. The highest BCUT2D eigenvalue weighted by Gasteiger charge is 2.16. The molecule has 0 atom stereocenters. The third kappa shape index (κ3) is 3.36. The molecule has 0 spiro atoms. The average molecular weight is 286 g/mol. The van der Waals surface area contributed by atoms with E-state index >= 15 is 0 Å². The van der Waals surface area contributed by atoms with Crippen molar-refractivity contribution in [2.75, 3.05) is 11.9 Å². The molecular formula is C15H14N2O4. The number of hydrogen-bond donors (Lipinski definition) is 2. The summed E-state index contributed by atoms with van der Waals surface area (Å²) in [5.41, 5.74) is 0.00374. The van der Waals surface area contributed by atoms with Crippen molar-refractivity contribution in [1.82, 2.24) is 4.98 Å². The molecule has 1 amide bonds. The molecular weight excluding hydrogens is 272 g/mol. The largest absolute Gasteiger partial charge is 0.462 e. The lowest BCUT2D eigenvalue weighted by molar-refractivity contribution is 0.0527. The van der Waals surface area contributed by atoms with Crippen LogP contribution in [-0.4, -0.2) is 23.5 Å². The maximum atomic E-state index is 12.1. The summed E-state index contributed by atoms with van der Waals surface area (Å²) in [6.07, 6.45) is 1.44. The number of carbonyl (C=O) groups is 2. The van der Waals surface area contributed by atoms with Crippen molar-refractivity contribution in [1.29, 1.82) is 0 Å². The number of para-hydroxylation sites is 1. The summed E-state index contributed by atoms with van der Waals surface area (Å²) < 4.78 is 4.92. The zero-order chi connectivity index (χ0) is 15.2. The molecule has 0 saturated heterocycles. The van der Waals surface area contributed by atoms with Gasteiger partial charge in [-0.3, -0.25) is 9.59 Å². The molecule has 0 aliphatic heterocycles. The summed E-state index contributed by atoms with van der Waals surface area (Å²) >= 11 is 0. The molecule has 1 aromatic carbocycles. The second-order valence-electron chi connectivity index (χ2n) is 4.13. The first-order valence-corrected chi connectivity index (χ1v) is 6.38. The Hall–Kier alpha value is -2.89. The molecule has 0 radical (unpaired) electrons. The topological polar surface area (TPSA) is 88.3 Å². The van der Waals surface area contributed by atoms with E-state index in [9.17, 15) is 14.4 Å². The Labute approximate surface area is 120 Å². The van der Waals surface area contributed by atoms with E-state index in [2.05, 4.69) is 10.3 Å². The average Bonchev–Trinajstić information content (AvgIpc) is 2.48. The van der Waals surface area contributed by atoms with Gasteiger partial charge in [-0.25, -0.2) is 4.79 Å². The zero-order valence-electron chi connectivity index (χ0n) is 11.4. The van der Waals surface area contributed by atoms with Gasteiger partial charge in [0.25, 0.3) is 11.5 Å². The van der Waals surface area contributed by atoms with Crippen LogP contribution in [0.15, 0.2) is 47.4 Å². The zero-order valence-corrected chi connectivity index (χ0v) is 11.4. The number of ether oxygens (including phenoxy) is 1. The molecule has 1 heterocycles. The van der Waals surface area contributed by atoms with Crippen molar-refractivity contribution < 1.29 is 14.3 Å². The first-order chi connectivity index (χ1) is 10.1. The Morgan fingerprint density at radius 1 is 1.14 bits per heavy atom. The van der Waals surface area contributed by atoms with E-state index in [1.54, 1.807) is 37.3 Å². The number of amides is 1. The molecule has 0 fully saturated rings. The lowest BCUT2D eigenvalue weighted by atomic mass is 10.1. The van der Waals surface area contributed by atoms with E-state index in [0.717, 1.165) is 0 Å². The number of esters is 1. The number of benzene rings is 1. The van der Waals surface area contributed by atoms with E-state index in [1.165, 1.54) is 12.3 Å². The predicted molar refractivity (Wildman–Crippen MR) is 77.4 cm³/mol. The van der Waals surface area contributed by atoms with Gasteiger partial charge in [0, 0.05) is 6.20 Å². The summed E-state index contributed by atoms with van der Waals surface area (Å²) in [6.45, 7) is 1.93. The third-order valence-corrected chi connectivity index (χ3v) is 2.73. The van der Waals surface area contributed by atoms with Crippen LogP contribution < -0.4 is 10.9 Å². The molecule has 0 aliphatic rings. The summed E-state index contributed by atoms with van der Waals surface area (Å²) in [5, 5.41) is 2.55. The molecule has 0 saturated carbocycles. The van der Waals surface area contributed by atoms with E-state index in [-0.39, 0.29) is 17.7 Å². The highest BCUT2D eigenvalue weighted by molar-refractivity contribution is 6.07. The predicted octanol–water partition coefficient (Wildman–Crippen LogP) is 1.80. The van der Waals surface area contributed by atoms with Gasteiger partial charge in [-0.15, -0.1) is 0 Å². The molecule has 2 aromatic rings. The number of pyridine rings is 1. The number of anilines is 1. The van der Waals surface area contributed by atoms with Gasteiger partial charge in [0.05, 0.1) is 17.9 Å². The van der Waals surface area contributed by atoms with Gasteiger partial charge in [0.1, 0.15) is 5.56 Å². The molecule has 6 heteroatoms. The number of carbonyl (C=O) groups excluding carboxylic acids is 2. The van der Waals surface area contributed by atoms with Gasteiger partial charge in [-0.2, -0.15) is 0 Å². The molecule has 1 aromatic heterocycles. The number of aromatic nitrogens is 1. The van der Waals surface area contributed by atoms with Crippen molar-refractivity contribution in [3.63, 3.8) is 0 Å². The van der Waals surface area contributed by atoms with Crippen LogP contribution in [-0.2, 0) is 4.74 Å². The molecule has 0 bridgehead atoms. The summed E-state index contributed by atoms with van der Waals surface area (Å²) in [5.74, 6) is -1.12. The SMILES string of the molecule is CCOC(=O)c1ccccc1NC(=O)c1ccc[nH]c1=O. The highest BCUT2D eigenvalue weighted by atomic mass is 16.5. The summed E-state index contributed by atoms with van der Waals surface area (Å²) in [6, 6.07) is 9.41. The second kappa shape index (κ2) is 6.51. The van der Waals surface area contributed by atoms with Crippen LogP contribution in [0.1, 0.15) is 27.6 Å². The van der Waals surface area contributed by atoms with E-state index in [0.29, 0.717) is 5.69 Å². The van der Waals surface area contributed by atoms with Gasteiger partial charge in [-0.05, 0) is 31.2 Å². The van der Waals surface area contributed by atoms with Crippen LogP contribution in [0.4, 0.5) is 5.69 Å². The highest BCUT2D eigenvalue weighted by Crippen LogP contribution is 2.16. The number of hydrogen-bond acceptors (Lipinski definition) is 4. The van der Waals surface area contributed by atoms with Crippen molar-refractivity contribution in [3.8, 4) is 0 Å². The molecule has 6 nitrogen and oxygen atoms in total. The summed E-state index contributed by atoms with van der Waals surface area (Å²) in [7, 11) is 0. The Morgan fingerprint density at radius 3 is 2.57 bits per heavy atom. The quantitative estimate of drug-likeness (QED) is 0.839. The number of rotatable bonds is 4. The molecule has 2 rings (SSSR count). The number of aromatic amines is 1. The number of nitrogens with one attached hydrogen (secondary N) is 2. The molecule has 21 heavy (non-hydrogen) atoms. The van der Waals surface area contributed by atoms with Crippen molar-refractivity contribution >= 4 is 17.6 Å². The number of H-pyrrole nitrogens is 1. The van der Waals surface area contributed by atoms with Crippen molar-refractivity contribution in [3.05, 3.63) is 64.1 Å². The van der Waals surface area contributed by atoms with Crippen LogP contribution in [0.5, 0.6) is 0 Å². The molecule has 0 aliphatic carbocycles. The van der Waals surface area contributed by atoms with Crippen LogP contribution in [0.2, 0.25) is 0 Å². The second-order valence-corrected chi connectivity index (χ2v) is 4.13. The molecule has 108 valence electrons. The standard InChI is InChI=1S/C15H14N2O4/c1-2-21-15(20)10-6-3-4-8-12(10)17-14(19)11-7-5-9-16-13(11)18/h3-9H,2H2,1H3,(H,16,18)(H,17,19). The minimum Gasteiger partial charge on any atom is -0.462 e. The fourth-order valence-corrected chi connectivity index (χ4v) is 1.77. The van der Waals surface area contributed by atoms with E-state index in [4.69, 9.17) is 4.74 Å². The lowest BCUT2D eigenvalue weighted by Crippen LogP contribution is -2.23. The van der Waals surface area contributed by atoms with Crippen LogP contribution in [0.3, 0.4) is 0 Å². The van der Waals surface area contributed by atoms with Gasteiger partial charge < -0.3 is 15.0 Å². The lowest BCUT2D eigenvalue weighted by Gasteiger charge is -2.09. The Kier molecular flexibility index (Phi) is 4.50. The maximum Gasteiger partial charge on any atom is 0.340 e. The molecule has 2 N–H and O–H groups in total. The Balaban J connectivity index is 2.28. The van der Waals surface area contributed by atoms with Gasteiger partial charge in [0.2, 0.25) is 0 Å². The Bertz CT molecular complexity index is 721. The van der Waals surface area contributed by atoms with Gasteiger partial charge in [0.15, 0.2) is 0 Å². The van der Waals surface area contributed by atoms with E-state index in [1.807, 2.05) is 0 Å². The maximum absolute atomic E-state index is 12.1. The molecule has 0 unspecified atom stereocenters. The first-order valence-electron chi connectivity index (χ1n) is 6.38. The minimum atomic E-state index is -0.589. The van der Waals surface area contributed by atoms with E-state index < -0.39 is 17.4 Å². The fourth-order valence-electron chi connectivity index (χ4n) is 1.77. The summed E-state index contributed by atoms with van der Waals surface area (Å²) in [4.78, 5) is 37.9. The third-order valence-electron chi connectivity index (χ3n) is 2.73. The van der Waals surface area contributed by atoms with Crippen LogP contribution in [0.25, 0.3) is 0 Å².